The number of carbonyl (C=O) groups excluding carboxylic acids is 1. The third-order valence-electron chi connectivity index (χ3n) is 6.01. The van der Waals surface area contributed by atoms with Gasteiger partial charge in [-0.2, -0.15) is 0 Å². The molecule has 3 rings (SSSR count). The Balaban J connectivity index is 2.02. The molecule has 0 spiro atoms. The Kier molecular flexibility index (Phi) is 5.91. The highest BCUT2D eigenvalue weighted by atomic mass is 16.4. The molecule has 0 aliphatic heterocycles. The predicted octanol–water partition coefficient (Wildman–Crippen LogP) is 3.42. The maximum Gasteiger partial charge on any atom is 0.404 e. The summed E-state index contributed by atoms with van der Waals surface area (Å²) in [6.45, 7) is 6.74. The number of rotatable bonds is 5. The van der Waals surface area contributed by atoms with Crippen molar-refractivity contribution in [3.8, 4) is 0 Å². The van der Waals surface area contributed by atoms with E-state index in [1.54, 1.807) is 12.1 Å². The highest BCUT2D eigenvalue weighted by Crippen LogP contribution is 2.39. The van der Waals surface area contributed by atoms with Crippen LogP contribution >= 0.6 is 0 Å². The van der Waals surface area contributed by atoms with E-state index < -0.39 is 6.09 Å². The van der Waals surface area contributed by atoms with Gasteiger partial charge in [0.15, 0.2) is 0 Å². The number of carbonyl (C=O) groups is 2. The highest BCUT2D eigenvalue weighted by molar-refractivity contribution is 5.92. The zero-order chi connectivity index (χ0) is 20.4. The van der Waals surface area contributed by atoms with Crippen molar-refractivity contribution in [1.29, 1.82) is 0 Å². The van der Waals surface area contributed by atoms with Crippen molar-refractivity contribution in [3.63, 3.8) is 0 Å². The Hall–Kier alpha value is -2.57. The number of para-hydroxylation sites is 2. The molecule has 1 heterocycles. The fourth-order valence-corrected chi connectivity index (χ4v) is 4.56. The topological polar surface area (TPSA) is 93.3 Å². The largest absolute Gasteiger partial charge is 0.465 e. The first kappa shape index (κ1) is 20.2. The number of amides is 1. The van der Waals surface area contributed by atoms with E-state index in [9.17, 15) is 14.4 Å². The second kappa shape index (κ2) is 8.20. The standard InChI is InChI=1S/C21H29N3O4/c1-13(2)15-9-8-14(3)12-16(15)19(25)24-18-7-5-4-6-17(18)23(21(24)28)11-10-22-20(26)27/h4-7,13-16,22H,8-12H2,1-3H3,(H,26,27). The first-order valence-electron chi connectivity index (χ1n) is 10.0. The summed E-state index contributed by atoms with van der Waals surface area (Å²) >= 11 is 0. The van der Waals surface area contributed by atoms with Crippen molar-refractivity contribution in [2.75, 3.05) is 6.54 Å². The number of nitrogens with one attached hydrogen (secondary N) is 1. The smallest absolute Gasteiger partial charge is 0.404 e. The Morgan fingerprint density at radius 1 is 1.21 bits per heavy atom. The normalized spacial score (nSPS) is 22.5. The minimum absolute atomic E-state index is 0.104. The lowest BCUT2D eigenvalue weighted by atomic mass is 9.69. The van der Waals surface area contributed by atoms with Crippen LogP contribution in [0.3, 0.4) is 0 Å². The first-order chi connectivity index (χ1) is 13.3. The number of benzene rings is 1. The van der Waals surface area contributed by atoms with Crippen LogP contribution in [0.5, 0.6) is 0 Å². The molecule has 1 aliphatic carbocycles. The lowest BCUT2D eigenvalue weighted by Gasteiger charge is -2.36. The molecule has 1 saturated carbocycles. The molecule has 7 nitrogen and oxygen atoms in total. The van der Waals surface area contributed by atoms with Crippen LogP contribution in [-0.4, -0.2) is 32.8 Å². The fourth-order valence-electron chi connectivity index (χ4n) is 4.56. The van der Waals surface area contributed by atoms with Gasteiger partial charge in [-0.1, -0.05) is 39.3 Å². The number of carboxylic acid groups (broad SMARTS) is 1. The summed E-state index contributed by atoms with van der Waals surface area (Å²) < 4.78 is 2.80. The highest BCUT2D eigenvalue weighted by Gasteiger charge is 2.37. The average molecular weight is 387 g/mol. The van der Waals surface area contributed by atoms with E-state index in [1.165, 1.54) is 9.13 Å². The number of fused-ring (bicyclic) bond motifs is 1. The summed E-state index contributed by atoms with van der Waals surface area (Å²) in [5, 5.41) is 11.1. The maximum absolute atomic E-state index is 13.5. The molecule has 2 N–H and O–H groups in total. The van der Waals surface area contributed by atoms with Crippen LogP contribution in [0.1, 0.15) is 44.8 Å². The van der Waals surface area contributed by atoms with E-state index in [1.807, 2.05) is 12.1 Å². The molecule has 2 aromatic rings. The summed E-state index contributed by atoms with van der Waals surface area (Å²) in [5.41, 5.74) is 0.852. The van der Waals surface area contributed by atoms with E-state index in [0.717, 1.165) is 19.3 Å². The van der Waals surface area contributed by atoms with Gasteiger partial charge in [0.1, 0.15) is 0 Å². The van der Waals surface area contributed by atoms with Gasteiger partial charge >= 0.3 is 11.8 Å². The van der Waals surface area contributed by atoms with E-state index in [-0.39, 0.29) is 36.5 Å². The Bertz CT molecular complexity index is 927. The Morgan fingerprint density at radius 2 is 1.89 bits per heavy atom. The molecule has 152 valence electrons. The van der Waals surface area contributed by atoms with Crippen LogP contribution in [0.4, 0.5) is 4.79 Å². The molecule has 1 aromatic carbocycles. The summed E-state index contributed by atoms with van der Waals surface area (Å²) in [4.78, 5) is 37.4. The van der Waals surface area contributed by atoms with E-state index >= 15 is 0 Å². The number of aromatic nitrogens is 2. The molecule has 0 radical (unpaired) electrons. The minimum atomic E-state index is -1.14. The number of hydrogen-bond acceptors (Lipinski definition) is 3. The molecule has 1 aliphatic rings. The van der Waals surface area contributed by atoms with Gasteiger partial charge in [0.2, 0.25) is 5.91 Å². The van der Waals surface area contributed by atoms with Gasteiger partial charge in [-0.25, -0.2) is 14.2 Å². The van der Waals surface area contributed by atoms with Crippen LogP contribution in [-0.2, 0) is 6.54 Å². The molecular formula is C21H29N3O4. The maximum atomic E-state index is 13.5. The van der Waals surface area contributed by atoms with Gasteiger partial charge in [0, 0.05) is 19.0 Å². The zero-order valence-corrected chi connectivity index (χ0v) is 16.7. The van der Waals surface area contributed by atoms with E-state index in [2.05, 4.69) is 26.1 Å². The van der Waals surface area contributed by atoms with E-state index in [0.29, 0.717) is 22.9 Å². The molecule has 0 saturated heterocycles. The van der Waals surface area contributed by atoms with Crippen molar-refractivity contribution in [2.24, 2.45) is 23.7 Å². The number of imidazole rings is 1. The van der Waals surface area contributed by atoms with Crippen molar-refractivity contribution in [2.45, 2.75) is 46.6 Å². The molecule has 7 heteroatoms. The molecule has 1 amide bonds. The molecule has 0 bridgehead atoms. The molecule has 3 atom stereocenters. The van der Waals surface area contributed by atoms with Gasteiger partial charge < -0.3 is 10.4 Å². The lowest BCUT2D eigenvalue weighted by molar-refractivity contribution is 0.0633. The Labute approximate surface area is 164 Å². The third-order valence-corrected chi connectivity index (χ3v) is 6.01. The SMILES string of the molecule is CC1CCC(C(C)C)C(C(=O)n2c(=O)n(CCNC(=O)O)c3ccccc32)C1. The monoisotopic (exact) mass is 387 g/mol. The summed E-state index contributed by atoms with van der Waals surface area (Å²) in [6.07, 6.45) is 1.78. The van der Waals surface area contributed by atoms with Crippen LogP contribution in [0.2, 0.25) is 0 Å². The molecule has 28 heavy (non-hydrogen) atoms. The second-order valence-corrected chi connectivity index (χ2v) is 8.26. The van der Waals surface area contributed by atoms with E-state index in [4.69, 9.17) is 5.11 Å². The van der Waals surface area contributed by atoms with Gasteiger partial charge in [-0.15, -0.1) is 0 Å². The minimum Gasteiger partial charge on any atom is -0.465 e. The third kappa shape index (κ3) is 3.84. The van der Waals surface area contributed by atoms with Crippen molar-refractivity contribution in [3.05, 3.63) is 34.7 Å². The quantitative estimate of drug-likeness (QED) is 0.822. The summed E-state index contributed by atoms with van der Waals surface area (Å²) in [6, 6.07) is 7.21. The van der Waals surface area contributed by atoms with Crippen molar-refractivity contribution >= 4 is 23.0 Å². The summed E-state index contributed by atoms with van der Waals surface area (Å²) in [5.74, 6) is 0.818. The van der Waals surface area contributed by atoms with Gasteiger partial charge in [-0.3, -0.25) is 9.36 Å². The fraction of sp³-hybridized carbons (Fsp3) is 0.571. The predicted molar refractivity (Wildman–Crippen MR) is 108 cm³/mol. The van der Waals surface area contributed by atoms with Gasteiger partial charge in [0.05, 0.1) is 11.0 Å². The number of hydrogen-bond donors (Lipinski definition) is 2. The summed E-state index contributed by atoms with van der Waals surface area (Å²) in [7, 11) is 0. The molecular weight excluding hydrogens is 358 g/mol. The zero-order valence-electron chi connectivity index (χ0n) is 16.7. The average Bonchev–Trinajstić information content (AvgIpc) is 2.92. The molecule has 3 unspecified atom stereocenters. The number of nitrogens with zero attached hydrogens (tertiary/aromatic N) is 2. The lowest BCUT2D eigenvalue weighted by Crippen LogP contribution is -2.40. The Morgan fingerprint density at radius 3 is 2.54 bits per heavy atom. The van der Waals surface area contributed by atoms with Crippen LogP contribution < -0.4 is 11.0 Å². The van der Waals surface area contributed by atoms with Crippen LogP contribution in [0.15, 0.2) is 29.1 Å². The van der Waals surface area contributed by atoms with Crippen molar-refractivity contribution in [1.82, 2.24) is 14.5 Å². The van der Waals surface area contributed by atoms with Crippen LogP contribution in [0, 0.1) is 23.7 Å². The molecule has 1 fully saturated rings. The van der Waals surface area contributed by atoms with Gasteiger partial charge in [0.25, 0.3) is 0 Å². The second-order valence-electron chi connectivity index (χ2n) is 8.26. The first-order valence-corrected chi connectivity index (χ1v) is 10.0. The van der Waals surface area contributed by atoms with Gasteiger partial charge in [-0.05, 0) is 42.7 Å². The molecule has 1 aromatic heterocycles. The van der Waals surface area contributed by atoms with Crippen molar-refractivity contribution < 1.29 is 14.7 Å². The van der Waals surface area contributed by atoms with Crippen LogP contribution in [0.25, 0.3) is 11.0 Å².